The highest BCUT2D eigenvalue weighted by atomic mass is 19.1. The number of ether oxygens (including phenoxy) is 2. The Hall–Kier alpha value is -2.84. The highest BCUT2D eigenvalue weighted by Crippen LogP contribution is 2.08. The first-order valence-corrected chi connectivity index (χ1v) is 8.01. The third-order valence-electron chi connectivity index (χ3n) is 3.33. The van der Waals surface area contributed by atoms with E-state index in [0.29, 0.717) is 22.6 Å². The third kappa shape index (κ3) is 6.76. The van der Waals surface area contributed by atoms with Gasteiger partial charge < -0.3 is 19.1 Å². The maximum absolute atomic E-state index is 13.3. The summed E-state index contributed by atoms with van der Waals surface area (Å²) in [7, 11) is 2.98. The summed E-state index contributed by atoms with van der Waals surface area (Å²) in [6.07, 6.45) is 0. The third-order valence-corrected chi connectivity index (χ3v) is 3.33. The Morgan fingerprint density at radius 1 is 0.778 bits per heavy atom. The molecule has 0 aromatic heterocycles. The van der Waals surface area contributed by atoms with Crippen molar-refractivity contribution in [1.82, 2.24) is 0 Å². The molecule has 6 nitrogen and oxygen atoms in total. The number of hydrogen-bond donors (Lipinski definition) is 0. The van der Waals surface area contributed by atoms with Gasteiger partial charge in [0.2, 0.25) is 0 Å². The first-order chi connectivity index (χ1) is 13.1. The smallest absolute Gasteiger partial charge is 0.280 e. The molecule has 8 heteroatoms. The monoisotopic (exact) mass is 378 g/mol. The van der Waals surface area contributed by atoms with Crippen molar-refractivity contribution in [3.8, 4) is 0 Å². The van der Waals surface area contributed by atoms with Crippen LogP contribution in [0.3, 0.4) is 0 Å². The molecule has 0 radical (unpaired) electrons. The maximum atomic E-state index is 13.3. The molecule has 0 bridgehead atoms. The van der Waals surface area contributed by atoms with E-state index in [9.17, 15) is 8.78 Å². The molecule has 0 unspecified atom stereocenters. The summed E-state index contributed by atoms with van der Waals surface area (Å²) in [5.74, 6) is -0.784. The summed E-state index contributed by atoms with van der Waals surface area (Å²) >= 11 is 0. The summed E-state index contributed by atoms with van der Waals surface area (Å²) < 4.78 is 36.8. The normalized spacial score (nSPS) is 12.1. The molecule has 2 aromatic rings. The van der Waals surface area contributed by atoms with E-state index in [1.807, 2.05) is 0 Å². The van der Waals surface area contributed by atoms with Crippen molar-refractivity contribution in [3.05, 3.63) is 71.3 Å². The second kappa shape index (κ2) is 11.0. The maximum Gasteiger partial charge on any atom is 0.280 e. The number of methoxy groups -OCH3 is 2. The lowest BCUT2D eigenvalue weighted by Gasteiger charge is -2.07. The van der Waals surface area contributed by atoms with Crippen molar-refractivity contribution in [2.75, 3.05) is 34.2 Å². The average molecular weight is 378 g/mol. The molecule has 0 heterocycles. The van der Waals surface area contributed by atoms with Gasteiger partial charge >= 0.3 is 0 Å². The van der Waals surface area contributed by atoms with E-state index in [1.165, 1.54) is 38.5 Å². The highest BCUT2D eigenvalue weighted by Gasteiger charge is 2.07. The first-order valence-electron chi connectivity index (χ1n) is 8.01. The molecule has 0 aliphatic heterocycles. The second-order valence-electron chi connectivity index (χ2n) is 5.34. The molecule has 0 aliphatic rings. The Morgan fingerprint density at radius 2 is 1.22 bits per heavy atom. The number of benzene rings is 2. The van der Waals surface area contributed by atoms with E-state index in [4.69, 9.17) is 19.1 Å². The molecule has 0 fully saturated rings. The van der Waals surface area contributed by atoms with Crippen LogP contribution < -0.4 is 0 Å². The lowest BCUT2D eigenvalue weighted by atomic mass is 10.1. The van der Waals surface area contributed by atoms with Crippen LogP contribution in [0.4, 0.5) is 8.78 Å². The van der Waals surface area contributed by atoms with Gasteiger partial charge in [-0.25, -0.2) is 8.78 Å². The first kappa shape index (κ1) is 20.5. The van der Waals surface area contributed by atoms with Gasteiger partial charge in [0.15, 0.2) is 0 Å². The van der Waals surface area contributed by atoms with Gasteiger partial charge in [-0.05, 0) is 24.3 Å². The van der Waals surface area contributed by atoms with Gasteiger partial charge in [0.05, 0.1) is 13.2 Å². The van der Waals surface area contributed by atoms with Gasteiger partial charge in [0, 0.05) is 25.3 Å². The molecule has 2 aromatic carbocycles. The molecule has 2 rings (SSSR count). The summed E-state index contributed by atoms with van der Waals surface area (Å²) in [5, 5.41) is 7.79. The minimum absolute atomic E-state index is 0.130. The Bertz CT molecular complexity index is 731. The van der Waals surface area contributed by atoms with Crippen LogP contribution in [0.25, 0.3) is 0 Å². The molecular weight excluding hydrogens is 358 g/mol. The van der Waals surface area contributed by atoms with E-state index in [-0.39, 0.29) is 20.0 Å². The summed E-state index contributed by atoms with van der Waals surface area (Å²) in [4.78, 5) is 10.1. The van der Waals surface area contributed by atoms with Crippen LogP contribution in [0, 0.1) is 11.6 Å². The fourth-order valence-electron chi connectivity index (χ4n) is 2.17. The van der Waals surface area contributed by atoms with Crippen molar-refractivity contribution in [3.63, 3.8) is 0 Å². The van der Waals surface area contributed by atoms with Gasteiger partial charge in [0.1, 0.15) is 23.1 Å². The van der Waals surface area contributed by atoms with Gasteiger partial charge in [-0.15, -0.1) is 0 Å². The molecular formula is C19H20F2N2O4. The topological polar surface area (TPSA) is 61.6 Å². The van der Waals surface area contributed by atoms with Crippen LogP contribution >= 0.6 is 0 Å². The zero-order valence-corrected chi connectivity index (χ0v) is 15.0. The molecule has 0 spiro atoms. The SMILES string of the molecule is COC/C(=N\OCO/N=C(\COC)c1cccc(F)c1)c1cccc(F)c1. The van der Waals surface area contributed by atoms with Crippen molar-refractivity contribution in [2.24, 2.45) is 10.3 Å². The standard InChI is InChI=1S/C19H20F2N2O4/c1-24-11-18(14-5-3-7-16(20)9-14)22-26-13-27-23-19(12-25-2)15-6-4-8-17(21)10-15/h3-10H,11-13H2,1-2H3/b22-18+,23-19+. The molecule has 0 N–H and O–H groups in total. The van der Waals surface area contributed by atoms with Crippen LogP contribution in [0.2, 0.25) is 0 Å². The molecule has 0 atom stereocenters. The average Bonchev–Trinajstić information content (AvgIpc) is 2.66. The van der Waals surface area contributed by atoms with Crippen LogP contribution in [-0.4, -0.2) is 45.6 Å². The predicted molar refractivity (Wildman–Crippen MR) is 96.7 cm³/mol. The van der Waals surface area contributed by atoms with Crippen molar-refractivity contribution in [2.45, 2.75) is 0 Å². The van der Waals surface area contributed by atoms with E-state index in [0.717, 1.165) is 0 Å². The quantitative estimate of drug-likeness (QED) is 0.275. The molecule has 27 heavy (non-hydrogen) atoms. The van der Waals surface area contributed by atoms with E-state index in [2.05, 4.69) is 10.3 Å². The lowest BCUT2D eigenvalue weighted by molar-refractivity contribution is -0.0514. The fourth-order valence-corrected chi connectivity index (χ4v) is 2.17. The Morgan fingerprint density at radius 3 is 1.59 bits per heavy atom. The Labute approximate surface area is 156 Å². The summed E-state index contributed by atoms with van der Waals surface area (Å²) in [6, 6.07) is 11.8. The molecule has 144 valence electrons. The van der Waals surface area contributed by atoms with Gasteiger partial charge in [0.25, 0.3) is 6.79 Å². The number of nitrogens with zero attached hydrogens (tertiary/aromatic N) is 2. The summed E-state index contributed by atoms with van der Waals surface area (Å²) in [5.41, 5.74) is 1.85. The predicted octanol–water partition coefficient (Wildman–Crippen LogP) is 3.36. The van der Waals surface area contributed by atoms with Crippen molar-refractivity contribution in [1.29, 1.82) is 0 Å². The number of halogens is 2. The number of rotatable bonds is 10. The largest absolute Gasteiger partial charge is 0.378 e. The van der Waals surface area contributed by atoms with Gasteiger partial charge in [-0.3, -0.25) is 0 Å². The zero-order valence-electron chi connectivity index (χ0n) is 15.0. The fraction of sp³-hybridized carbons (Fsp3) is 0.263. The minimum Gasteiger partial charge on any atom is -0.378 e. The van der Waals surface area contributed by atoms with Crippen LogP contribution in [0.5, 0.6) is 0 Å². The zero-order chi connectivity index (χ0) is 19.5. The molecule has 0 saturated heterocycles. The minimum atomic E-state index is -0.392. The molecule has 0 amide bonds. The second-order valence-corrected chi connectivity index (χ2v) is 5.34. The Balaban J connectivity index is 1.99. The molecule has 0 saturated carbocycles. The number of oxime groups is 2. The van der Waals surface area contributed by atoms with E-state index >= 15 is 0 Å². The van der Waals surface area contributed by atoms with Crippen LogP contribution in [-0.2, 0) is 19.1 Å². The Kier molecular flexibility index (Phi) is 8.34. The van der Waals surface area contributed by atoms with Crippen LogP contribution in [0.15, 0.2) is 58.8 Å². The summed E-state index contributed by atoms with van der Waals surface area (Å²) in [6.45, 7) is -0.0407. The van der Waals surface area contributed by atoms with Gasteiger partial charge in [-0.1, -0.05) is 34.6 Å². The van der Waals surface area contributed by atoms with Crippen molar-refractivity contribution < 1.29 is 27.9 Å². The lowest BCUT2D eigenvalue weighted by Crippen LogP contribution is -2.12. The van der Waals surface area contributed by atoms with E-state index < -0.39 is 11.6 Å². The van der Waals surface area contributed by atoms with Gasteiger partial charge in [-0.2, -0.15) is 0 Å². The van der Waals surface area contributed by atoms with Crippen molar-refractivity contribution >= 4 is 11.4 Å². The highest BCUT2D eigenvalue weighted by molar-refractivity contribution is 6.01. The van der Waals surface area contributed by atoms with Crippen LogP contribution in [0.1, 0.15) is 11.1 Å². The van der Waals surface area contributed by atoms with E-state index in [1.54, 1.807) is 24.3 Å². The molecule has 0 aliphatic carbocycles. The number of hydrogen-bond acceptors (Lipinski definition) is 6.